The van der Waals surface area contributed by atoms with Crippen LogP contribution in [-0.4, -0.2) is 50.7 Å². The van der Waals surface area contributed by atoms with Crippen molar-refractivity contribution in [1.82, 2.24) is 19.4 Å². The molecule has 1 aromatic carbocycles. The van der Waals surface area contributed by atoms with Gasteiger partial charge in [0, 0.05) is 32.2 Å². The van der Waals surface area contributed by atoms with Crippen LogP contribution in [0.25, 0.3) is 10.3 Å². The molecule has 1 fully saturated rings. The van der Waals surface area contributed by atoms with Crippen LogP contribution in [0.1, 0.15) is 43.9 Å². The number of amides is 1. The SMILES string of the molecule is CC(C)n1c(SCC(=O)N2CCc3ccccc3C2)nc2nc(N3CCCC3)sc2c1=O. The van der Waals surface area contributed by atoms with E-state index < -0.39 is 0 Å². The lowest BCUT2D eigenvalue weighted by molar-refractivity contribution is -0.129. The van der Waals surface area contributed by atoms with Crippen molar-refractivity contribution in [1.29, 1.82) is 0 Å². The molecule has 2 aromatic heterocycles. The first kappa shape index (κ1) is 21.5. The van der Waals surface area contributed by atoms with Crippen LogP contribution in [0.2, 0.25) is 0 Å². The molecular weight excluding hydrogens is 442 g/mol. The van der Waals surface area contributed by atoms with Crippen molar-refractivity contribution >= 4 is 44.5 Å². The summed E-state index contributed by atoms with van der Waals surface area (Å²) >= 11 is 2.78. The lowest BCUT2D eigenvalue weighted by Gasteiger charge is -2.28. The summed E-state index contributed by atoms with van der Waals surface area (Å²) in [5.74, 6) is 0.334. The topological polar surface area (TPSA) is 71.3 Å². The molecule has 9 heteroatoms. The quantitative estimate of drug-likeness (QED) is 0.419. The second kappa shape index (κ2) is 8.86. The minimum Gasteiger partial charge on any atom is -0.348 e. The predicted molar refractivity (Wildman–Crippen MR) is 130 cm³/mol. The van der Waals surface area contributed by atoms with Gasteiger partial charge in [0.2, 0.25) is 5.91 Å². The summed E-state index contributed by atoms with van der Waals surface area (Å²) in [7, 11) is 0. The summed E-state index contributed by atoms with van der Waals surface area (Å²) in [5, 5.41) is 1.45. The highest BCUT2D eigenvalue weighted by atomic mass is 32.2. The van der Waals surface area contributed by atoms with Crippen molar-refractivity contribution in [2.24, 2.45) is 0 Å². The number of rotatable bonds is 5. The number of fused-ring (bicyclic) bond motifs is 2. The van der Waals surface area contributed by atoms with Crippen LogP contribution in [0.5, 0.6) is 0 Å². The van der Waals surface area contributed by atoms with Crippen molar-refractivity contribution in [2.45, 2.75) is 50.9 Å². The Balaban J connectivity index is 1.38. The highest BCUT2D eigenvalue weighted by Gasteiger charge is 2.24. The first-order chi connectivity index (χ1) is 15.5. The smallest absolute Gasteiger partial charge is 0.274 e. The molecule has 0 atom stereocenters. The van der Waals surface area contributed by atoms with Gasteiger partial charge >= 0.3 is 0 Å². The highest BCUT2D eigenvalue weighted by Crippen LogP contribution is 2.30. The Morgan fingerprint density at radius 1 is 1.12 bits per heavy atom. The van der Waals surface area contributed by atoms with E-state index >= 15 is 0 Å². The van der Waals surface area contributed by atoms with Gasteiger partial charge in [-0.1, -0.05) is 47.4 Å². The molecule has 0 saturated carbocycles. The fraction of sp³-hybridized carbons (Fsp3) is 0.478. The van der Waals surface area contributed by atoms with E-state index in [1.165, 1.54) is 34.2 Å². The zero-order valence-electron chi connectivity index (χ0n) is 18.4. The van der Waals surface area contributed by atoms with Crippen molar-refractivity contribution in [3.05, 3.63) is 45.7 Å². The highest BCUT2D eigenvalue weighted by molar-refractivity contribution is 7.99. The lowest BCUT2D eigenvalue weighted by atomic mass is 10.00. The van der Waals surface area contributed by atoms with Crippen LogP contribution in [0, 0.1) is 0 Å². The Kier molecular flexibility index (Phi) is 5.94. The van der Waals surface area contributed by atoms with Crippen LogP contribution in [0.3, 0.4) is 0 Å². The van der Waals surface area contributed by atoms with E-state index in [1.807, 2.05) is 30.9 Å². The number of hydrogen-bond acceptors (Lipinski definition) is 7. The van der Waals surface area contributed by atoms with E-state index in [0.29, 0.717) is 22.0 Å². The van der Waals surface area contributed by atoms with Gasteiger partial charge in [0.1, 0.15) is 4.70 Å². The fourth-order valence-electron chi connectivity index (χ4n) is 4.38. The van der Waals surface area contributed by atoms with Crippen molar-refractivity contribution in [3.8, 4) is 0 Å². The lowest BCUT2D eigenvalue weighted by Crippen LogP contribution is -2.37. The molecule has 168 valence electrons. The van der Waals surface area contributed by atoms with Gasteiger partial charge in [0.25, 0.3) is 5.56 Å². The number of carbonyl (C=O) groups is 1. The molecular formula is C23H27N5O2S2. The van der Waals surface area contributed by atoms with Crippen molar-refractivity contribution < 1.29 is 4.79 Å². The molecule has 5 rings (SSSR count). The molecule has 0 bridgehead atoms. The van der Waals surface area contributed by atoms with E-state index in [-0.39, 0.29) is 23.3 Å². The summed E-state index contributed by atoms with van der Waals surface area (Å²) in [6, 6.07) is 8.25. The fourth-order valence-corrected chi connectivity index (χ4v) is 6.40. The molecule has 3 aromatic rings. The molecule has 0 N–H and O–H groups in total. The summed E-state index contributed by atoms with van der Waals surface area (Å²) in [5.41, 5.74) is 2.98. The second-order valence-corrected chi connectivity index (χ2v) is 10.5. The number of nitrogens with zero attached hydrogens (tertiary/aromatic N) is 5. The van der Waals surface area contributed by atoms with Gasteiger partial charge in [0.05, 0.1) is 5.75 Å². The van der Waals surface area contributed by atoms with Crippen LogP contribution in [-0.2, 0) is 17.8 Å². The van der Waals surface area contributed by atoms with Crippen LogP contribution in [0.4, 0.5) is 5.13 Å². The molecule has 2 aliphatic heterocycles. The van der Waals surface area contributed by atoms with Gasteiger partial charge in [-0.3, -0.25) is 14.2 Å². The third-order valence-electron chi connectivity index (χ3n) is 6.12. The molecule has 1 amide bonds. The summed E-state index contributed by atoms with van der Waals surface area (Å²) < 4.78 is 2.31. The van der Waals surface area contributed by atoms with Gasteiger partial charge in [0.15, 0.2) is 15.9 Å². The van der Waals surface area contributed by atoms with E-state index in [2.05, 4.69) is 22.0 Å². The molecule has 1 saturated heterocycles. The van der Waals surface area contributed by atoms with Gasteiger partial charge in [-0.05, 0) is 44.2 Å². The third kappa shape index (κ3) is 4.03. The van der Waals surface area contributed by atoms with Gasteiger partial charge < -0.3 is 9.80 Å². The van der Waals surface area contributed by atoms with Crippen molar-refractivity contribution in [2.75, 3.05) is 30.3 Å². The first-order valence-corrected chi connectivity index (χ1v) is 13.0. The average Bonchev–Trinajstić information content (AvgIpc) is 3.47. The Labute approximate surface area is 195 Å². The molecule has 7 nitrogen and oxygen atoms in total. The van der Waals surface area contributed by atoms with Crippen LogP contribution in [0.15, 0.2) is 34.2 Å². The molecule has 0 radical (unpaired) electrons. The number of carbonyl (C=O) groups excluding carboxylic acids is 1. The van der Waals surface area contributed by atoms with Gasteiger partial charge in [-0.25, -0.2) is 4.98 Å². The monoisotopic (exact) mass is 469 g/mol. The number of benzene rings is 1. The van der Waals surface area contributed by atoms with Crippen LogP contribution < -0.4 is 10.5 Å². The van der Waals surface area contributed by atoms with Gasteiger partial charge in [-0.2, -0.15) is 4.98 Å². The zero-order chi connectivity index (χ0) is 22.2. The number of thioether (sulfide) groups is 1. The number of aromatic nitrogens is 3. The molecule has 0 unspecified atom stereocenters. The normalized spacial score (nSPS) is 16.2. The maximum absolute atomic E-state index is 13.3. The van der Waals surface area contributed by atoms with E-state index in [4.69, 9.17) is 4.98 Å². The number of hydrogen-bond donors (Lipinski definition) is 0. The minimum absolute atomic E-state index is 0.0452. The summed E-state index contributed by atoms with van der Waals surface area (Å²) in [4.78, 5) is 39.8. The minimum atomic E-state index is -0.0604. The Bertz CT molecular complexity index is 1210. The maximum Gasteiger partial charge on any atom is 0.274 e. The van der Waals surface area contributed by atoms with Crippen LogP contribution >= 0.6 is 23.1 Å². The van der Waals surface area contributed by atoms with E-state index in [1.54, 1.807) is 4.57 Å². The molecule has 32 heavy (non-hydrogen) atoms. The predicted octanol–water partition coefficient (Wildman–Crippen LogP) is 3.71. The van der Waals surface area contributed by atoms with E-state index in [0.717, 1.165) is 44.0 Å². The van der Waals surface area contributed by atoms with Crippen molar-refractivity contribution in [3.63, 3.8) is 0 Å². The zero-order valence-corrected chi connectivity index (χ0v) is 20.0. The molecule has 4 heterocycles. The largest absolute Gasteiger partial charge is 0.348 e. The number of thiazole rings is 1. The summed E-state index contributed by atoms with van der Waals surface area (Å²) in [6.45, 7) is 7.28. The molecule has 0 aliphatic carbocycles. The summed E-state index contributed by atoms with van der Waals surface area (Å²) in [6.07, 6.45) is 3.19. The Morgan fingerprint density at radius 2 is 1.88 bits per heavy atom. The molecule has 0 spiro atoms. The molecule has 2 aliphatic rings. The first-order valence-electron chi connectivity index (χ1n) is 11.2. The third-order valence-corrected chi connectivity index (χ3v) is 8.15. The van der Waals surface area contributed by atoms with E-state index in [9.17, 15) is 9.59 Å². The standard InChI is InChI=1S/C23H27N5O2S2/c1-15(2)28-21(30)19-20(24-22(32-19)26-10-5-6-11-26)25-23(28)31-14-18(29)27-12-9-16-7-3-4-8-17(16)13-27/h3-4,7-8,15H,5-6,9-14H2,1-2H3. The average molecular weight is 470 g/mol. The Hall–Kier alpha value is -2.39. The Morgan fingerprint density at radius 3 is 2.62 bits per heavy atom. The number of anilines is 1. The maximum atomic E-state index is 13.3. The van der Waals surface area contributed by atoms with Gasteiger partial charge in [-0.15, -0.1) is 0 Å². The second-order valence-electron chi connectivity index (χ2n) is 8.63.